The standard InChI is InChI=1S/C47H31N3O/c1-2-12-34(13-3-1)37-14-4-8-18-42(37)50(47-30-46-41(31-48-47)40-17-7-11-21-45(40)51-46)36-28-24-33(25-29-36)32-22-26-35(27-23-32)49-43-19-9-5-15-38(43)39-16-6-10-20-44(39)49/h1-31H. The van der Waals surface area contributed by atoms with Crippen molar-refractivity contribution in [2.75, 3.05) is 4.90 Å². The Morgan fingerprint density at radius 2 is 1.04 bits per heavy atom. The molecule has 0 bridgehead atoms. The Labute approximate surface area is 295 Å². The molecule has 0 saturated heterocycles. The summed E-state index contributed by atoms with van der Waals surface area (Å²) in [4.78, 5) is 7.26. The van der Waals surface area contributed by atoms with E-state index in [0.29, 0.717) is 0 Å². The van der Waals surface area contributed by atoms with Crippen LogP contribution in [0, 0.1) is 0 Å². The van der Waals surface area contributed by atoms with Crippen LogP contribution in [-0.2, 0) is 0 Å². The van der Waals surface area contributed by atoms with E-state index in [1.165, 1.54) is 21.8 Å². The van der Waals surface area contributed by atoms with Crippen LogP contribution in [-0.4, -0.2) is 9.55 Å². The molecule has 3 aromatic heterocycles. The predicted molar refractivity (Wildman–Crippen MR) is 211 cm³/mol. The summed E-state index contributed by atoms with van der Waals surface area (Å²) in [5, 5.41) is 4.60. The molecule has 0 atom stereocenters. The SMILES string of the molecule is c1ccc(-c2ccccc2N(c2ccc(-c3ccc(-n4c5ccccc5c5ccccc54)cc3)cc2)c2cc3oc4ccccc4c3cn2)cc1. The molecular weight excluding hydrogens is 623 g/mol. The summed E-state index contributed by atoms with van der Waals surface area (Å²) in [5.41, 5.74) is 11.8. The minimum atomic E-state index is 0.785. The molecule has 240 valence electrons. The molecule has 0 aliphatic heterocycles. The highest BCUT2D eigenvalue weighted by Crippen LogP contribution is 2.42. The van der Waals surface area contributed by atoms with Gasteiger partial charge in [0.1, 0.15) is 17.0 Å². The number of hydrogen-bond acceptors (Lipinski definition) is 3. The highest BCUT2D eigenvalue weighted by molar-refractivity contribution is 6.09. The molecule has 4 nitrogen and oxygen atoms in total. The Morgan fingerprint density at radius 1 is 0.451 bits per heavy atom. The average Bonchev–Trinajstić information content (AvgIpc) is 3.74. The summed E-state index contributed by atoms with van der Waals surface area (Å²) in [6.07, 6.45) is 1.93. The molecule has 0 spiro atoms. The monoisotopic (exact) mass is 653 g/mol. The van der Waals surface area contributed by atoms with Crippen molar-refractivity contribution >= 4 is 60.9 Å². The van der Waals surface area contributed by atoms with E-state index in [1.807, 2.05) is 24.4 Å². The average molecular weight is 654 g/mol. The van der Waals surface area contributed by atoms with Crippen LogP contribution in [0.1, 0.15) is 0 Å². The van der Waals surface area contributed by atoms with Gasteiger partial charge in [0.05, 0.1) is 16.7 Å². The summed E-state index contributed by atoms with van der Waals surface area (Å²) < 4.78 is 8.67. The Kier molecular flexibility index (Phi) is 6.78. The topological polar surface area (TPSA) is 34.2 Å². The Bertz CT molecular complexity index is 2800. The fourth-order valence-electron chi connectivity index (χ4n) is 7.46. The molecule has 10 aromatic rings. The number of para-hydroxylation sites is 4. The van der Waals surface area contributed by atoms with Crippen molar-refractivity contribution in [3.05, 3.63) is 188 Å². The number of aromatic nitrogens is 2. The van der Waals surface area contributed by atoms with E-state index in [0.717, 1.165) is 67.1 Å². The lowest BCUT2D eigenvalue weighted by molar-refractivity contribution is 0.668. The number of rotatable bonds is 6. The molecular formula is C47H31N3O. The number of nitrogens with zero attached hydrogens (tertiary/aromatic N) is 3. The van der Waals surface area contributed by atoms with Gasteiger partial charge in [0.25, 0.3) is 0 Å². The van der Waals surface area contributed by atoms with E-state index >= 15 is 0 Å². The molecule has 0 aliphatic carbocycles. The van der Waals surface area contributed by atoms with Crippen molar-refractivity contribution in [3.63, 3.8) is 0 Å². The van der Waals surface area contributed by atoms with Crippen molar-refractivity contribution in [1.82, 2.24) is 9.55 Å². The number of benzene rings is 7. The summed E-state index contributed by atoms with van der Waals surface area (Å²) >= 11 is 0. The van der Waals surface area contributed by atoms with Crippen molar-refractivity contribution in [1.29, 1.82) is 0 Å². The molecule has 3 heterocycles. The lowest BCUT2D eigenvalue weighted by Gasteiger charge is -2.27. The first-order valence-electron chi connectivity index (χ1n) is 17.2. The van der Waals surface area contributed by atoms with Crippen LogP contribution in [0.3, 0.4) is 0 Å². The highest BCUT2D eigenvalue weighted by Gasteiger charge is 2.20. The van der Waals surface area contributed by atoms with Gasteiger partial charge < -0.3 is 8.98 Å². The summed E-state index contributed by atoms with van der Waals surface area (Å²) in [6, 6.07) is 64.1. The maximum absolute atomic E-state index is 6.32. The maximum atomic E-state index is 6.32. The smallest absolute Gasteiger partial charge is 0.141 e. The van der Waals surface area contributed by atoms with Gasteiger partial charge in [0.2, 0.25) is 0 Å². The summed E-state index contributed by atoms with van der Waals surface area (Å²) in [6.45, 7) is 0. The number of fused-ring (bicyclic) bond motifs is 6. The molecule has 0 amide bonds. The predicted octanol–water partition coefficient (Wildman–Crippen LogP) is 12.9. The molecule has 7 aromatic carbocycles. The maximum Gasteiger partial charge on any atom is 0.141 e. The third-order valence-corrected chi connectivity index (χ3v) is 9.87. The van der Waals surface area contributed by atoms with Gasteiger partial charge in [0, 0.05) is 50.7 Å². The van der Waals surface area contributed by atoms with E-state index < -0.39 is 0 Å². The molecule has 0 radical (unpaired) electrons. The number of anilines is 3. The zero-order valence-corrected chi connectivity index (χ0v) is 27.6. The van der Waals surface area contributed by atoms with E-state index in [-0.39, 0.29) is 0 Å². The lowest BCUT2D eigenvalue weighted by atomic mass is 10.0. The molecule has 10 rings (SSSR count). The molecule has 0 N–H and O–H groups in total. The van der Waals surface area contributed by atoms with E-state index in [2.05, 4.69) is 173 Å². The van der Waals surface area contributed by atoms with Crippen LogP contribution >= 0.6 is 0 Å². The minimum absolute atomic E-state index is 0.785. The van der Waals surface area contributed by atoms with Crippen molar-refractivity contribution in [2.24, 2.45) is 0 Å². The molecule has 4 heteroatoms. The zero-order chi connectivity index (χ0) is 33.7. The van der Waals surface area contributed by atoms with Crippen LogP contribution in [0.15, 0.2) is 193 Å². The molecule has 51 heavy (non-hydrogen) atoms. The van der Waals surface area contributed by atoms with Gasteiger partial charge >= 0.3 is 0 Å². The zero-order valence-electron chi connectivity index (χ0n) is 27.6. The third-order valence-electron chi connectivity index (χ3n) is 9.87. The van der Waals surface area contributed by atoms with Crippen LogP contribution in [0.2, 0.25) is 0 Å². The molecule has 0 saturated carbocycles. The lowest BCUT2D eigenvalue weighted by Crippen LogP contribution is -2.12. The van der Waals surface area contributed by atoms with Gasteiger partial charge in [-0.1, -0.05) is 127 Å². The Morgan fingerprint density at radius 3 is 1.76 bits per heavy atom. The minimum Gasteiger partial charge on any atom is -0.456 e. The summed E-state index contributed by atoms with van der Waals surface area (Å²) in [7, 11) is 0. The second kappa shape index (κ2) is 11.9. The number of furan rings is 1. The normalized spacial score (nSPS) is 11.5. The van der Waals surface area contributed by atoms with Crippen LogP contribution in [0.4, 0.5) is 17.2 Å². The van der Waals surface area contributed by atoms with Gasteiger partial charge in [-0.25, -0.2) is 4.98 Å². The van der Waals surface area contributed by atoms with Crippen LogP contribution in [0.25, 0.3) is 71.7 Å². The quantitative estimate of drug-likeness (QED) is 0.179. The van der Waals surface area contributed by atoms with Gasteiger partial charge in [-0.3, -0.25) is 4.90 Å². The second-order valence-corrected chi connectivity index (χ2v) is 12.8. The second-order valence-electron chi connectivity index (χ2n) is 12.8. The third kappa shape index (κ3) is 4.88. The number of pyridine rings is 1. The van der Waals surface area contributed by atoms with Crippen LogP contribution in [0.5, 0.6) is 0 Å². The molecule has 0 aliphatic rings. The Balaban J connectivity index is 1.06. The largest absolute Gasteiger partial charge is 0.456 e. The van der Waals surface area contributed by atoms with E-state index in [4.69, 9.17) is 9.40 Å². The van der Waals surface area contributed by atoms with E-state index in [1.54, 1.807) is 0 Å². The summed E-state index contributed by atoms with van der Waals surface area (Å²) in [5.74, 6) is 0.785. The van der Waals surface area contributed by atoms with Crippen LogP contribution < -0.4 is 4.90 Å². The Hall–Kier alpha value is -6.91. The van der Waals surface area contributed by atoms with Crippen molar-refractivity contribution < 1.29 is 4.42 Å². The van der Waals surface area contributed by atoms with Gasteiger partial charge in [-0.15, -0.1) is 0 Å². The first kappa shape index (κ1) is 29.0. The molecule has 0 unspecified atom stereocenters. The van der Waals surface area contributed by atoms with Gasteiger partial charge in [-0.2, -0.15) is 0 Å². The highest BCUT2D eigenvalue weighted by atomic mass is 16.3. The van der Waals surface area contributed by atoms with Gasteiger partial charge in [-0.05, 0) is 65.2 Å². The van der Waals surface area contributed by atoms with E-state index in [9.17, 15) is 0 Å². The fraction of sp³-hybridized carbons (Fsp3) is 0. The van der Waals surface area contributed by atoms with Crippen molar-refractivity contribution in [2.45, 2.75) is 0 Å². The van der Waals surface area contributed by atoms with Crippen molar-refractivity contribution in [3.8, 4) is 27.9 Å². The van der Waals surface area contributed by atoms with Gasteiger partial charge in [0.15, 0.2) is 0 Å². The molecule has 0 fully saturated rings. The number of hydrogen-bond donors (Lipinski definition) is 0. The first-order chi connectivity index (χ1) is 25.3. The fourth-order valence-corrected chi connectivity index (χ4v) is 7.46. The first-order valence-corrected chi connectivity index (χ1v) is 17.2.